The van der Waals surface area contributed by atoms with Crippen molar-refractivity contribution in [1.82, 2.24) is 0 Å². The highest BCUT2D eigenvalue weighted by molar-refractivity contribution is 6.06. The molecule has 39 heavy (non-hydrogen) atoms. The average Bonchev–Trinajstić information content (AvgIpc) is 2.99. The molecule has 0 heterocycles. The number of hydrogen-bond acceptors (Lipinski definition) is 1. The Morgan fingerprint density at radius 3 is 2.21 bits per heavy atom. The molecular weight excluding hydrogens is 470 g/mol. The van der Waals surface area contributed by atoms with E-state index in [-0.39, 0.29) is 0 Å². The predicted molar refractivity (Wildman–Crippen MR) is 168 cm³/mol. The van der Waals surface area contributed by atoms with Gasteiger partial charge in [-0.15, -0.1) is 0 Å². The van der Waals surface area contributed by atoms with E-state index in [0.29, 0.717) is 0 Å². The van der Waals surface area contributed by atoms with Gasteiger partial charge in [0.1, 0.15) is 0 Å². The molecule has 1 heteroatoms. The number of benzene rings is 5. The van der Waals surface area contributed by atoms with E-state index in [4.69, 9.17) is 0 Å². The second-order valence-corrected chi connectivity index (χ2v) is 10.7. The molecule has 0 saturated carbocycles. The van der Waals surface area contributed by atoms with Crippen LogP contribution in [0.1, 0.15) is 46.7 Å². The predicted octanol–water partition coefficient (Wildman–Crippen LogP) is 10.2. The van der Waals surface area contributed by atoms with Gasteiger partial charge < -0.3 is 4.90 Å². The summed E-state index contributed by atoms with van der Waals surface area (Å²) in [5, 5.41) is 2.77. The number of rotatable bonds is 5. The van der Waals surface area contributed by atoms with Crippen LogP contribution in [0.3, 0.4) is 0 Å². The van der Waals surface area contributed by atoms with Gasteiger partial charge in [0.05, 0.1) is 5.70 Å². The van der Waals surface area contributed by atoms with Crippen molar-refractivity contribution < 1.29 is 0 Å². The lowest BCUT2D eigenvalue weighted by Crippen LogP contribution is -2.19. The van der Waals surface area contributed by atoms with Crippen molar-refractivity contribution in [2.75, 3.05) is 4.90 Å². The van der Waals surface area contributed by atoms with Crippen LogP contribution < -0.4 is 4.90 Å². The van der Waals surface area contributed by atoms with Gasteiger partial charge in [-0.1, -0.05) is 109 Å². The van der Waals surface area contributed by atoms with E-state index in [1.165, 1.54) is 72.4 Å². The Hall–Kier alpha value is -4.62. The molecule has 0 bridgehead atoms. The molecule has 5 aromatic rings. The van der Waals surface area contributed by atoms with Gasteiger partial charge in [0, 0.05) is 16.9 Å². The van der Waals surface area contributed by atoms with Crippen molar-refractivity contribution in [3.8, 4) is 0 Å². The SMILES string of the molecule is C/C(=C\c1ccc(N(C2=CCC3=CCc4cccc5ccc2c3c45)c2ccc(C)cc2)cc1)c1ccccc1. The van der Waals surface area contributed by atoms with Crippen molar-refractivity contribution in [2.24, 2.45) is 0 Å². The van der Waals surface area contributed by atoms with E-state index in [9.17, 15) is 0 Å². The Kier molecular flexibility index (Phi) is 5.78. The first kappa shape index (κ1) is 23.5. The second-order valence-electron chi connectivity index (χ2n) is 10.7. The summed E-state index contributed by atoms with van der Waals surface area (Å²) >= 11 is 0. The van der Waals surface area contributed by atoms with Gasteiger partial charge in [-0.05, 0) is 95.1 Å². The third kappa shape index (κ3) is 4.21. The van der Waals surface area contributed by atoms with Crippen LogP contribution in [0.5, 0.6) is 0 Å². The smallest absolute Gasteiger partial charge is 0.0503 e. The topological polar surface area (TPSA) is 3.24 Å². The molecule has 0 radical (unpaired) electrons. The summed E-state index contributed by atoms with van der Waals surface area (Å²) in [6, 6.07) is 39.8. The summed E-state index contributed by atoms with van der Waals surface area (Å²) < 4.78 is 0. The van der Waals surface area contributed by atoms with Gasteiger partial charge in [0.15, 0.2) is 0 Å². The van der Waals surface area contributed by atoms with Gasteiger partial charge in [0.2, 0.25) is 0 Å². The Morgan fingerprint density at radius 2 is 1.44 bits per heavy atom. The van der Waals surface area contributed by atoms with Gasteiger partial charge >= 0.3 is 0 Å². The zero-order valence-corrected chi connectivity index (χ0v) is 22.5. The minimum atomic E-state index is 0.954. The minimum Gasteiger partial charge on any atom is -0.310 e. The largest absolute Gasteiger partial charge is 0.310 e. The van der Waals surface area contributed by atoms with Crippen LogP contribution in [0.2, 0.25) is 0 Å². The molecule has 0 saturated heterocycles. The highest BCUT2D eigenvalue weighted by Crippen LogP contribution is 2.46. The van der Waals surface area contributed by atoms with Crippen LogP contribution in [-0.4, -0.2) is 0 Å². The fourth-order valence-corrected chi connectivity index (χ4v) is 6.10. The van der Waals surface area contributed by atoms with Crippen LogP contribution in [0, 0.1) is 6.92 Å². The Labute approximate surface area is 231 Å². The van der Waals surface area contributed by atoms with Crippen LogP contribution in [-0.2, 0) is 6.42 Å². The number of nitrogens with zero attached hydrogens (tertiary/aromatic N) is 1. The third-order valence-corrected chi connectivity index (χ3v) is 8.11. The van der Waals surface area contributed by atoms with Gasteiger partial charge in [-0.25, -0.2) is 0 Å². The summed E-state index contributed by atoms with van der Waals surface area (Å²) in [5.41, 5.74) is 14.2. The molecule has 0 N–H and O–H groups in total. The van der Waals surface area contributed by atoms with E-state index in [1.54, 1.807) is 0 Å². The maximum Gasteiger partial charge on any atom is 0.0503 e. The first-order valence-electron chi connectivity index (χ1n) is 13.8. The first-order chi connectivity index (χ1) is 19.2. The second kappa shape index (κ2) is 9.60. The van der Waals surface area contributed by atoms with Gasteiger partial charge in [-0.3, -0.25) is 0 Å². The van der Waals surface area contributed by atoms with Crippen molar-refractivity contribution in [2.45, 2.75) is 26.7 Å². The normalized spacial score (nSPS) is 14.2. The molecule has 0 amide bonds. The molecule has 2 aliphatic rings. The number of allylic oxidation sites excluding steroid dienone is 4. The molecule has 0 atom stereocenters. The van der Waals surface area contributed by atoms with Gasteiger partial charge in [0.25, 0.3) is 0 Å². The Bertz CT molecular complexity index is 1780. The number of aryl methyl sites for hydroxylation is 1. The molecular formula is C38H31N. The van der Waals surface area contributed by atoms with E-state index in [1.807, 2.05) is 0 Å². The summed E-state index contributed by atoms with van der Waals surface area (Å²) in [5.74, 6) is 0. The summed E-state index contributed by atoms with van der Waals surface area (Å²) in [7, 11) is 0. The Balaban J connectivity index is 1.34. The summed E-state index contributed by atoms with van der Waals surface area (Å²) in [4.78, 5) is 2.43. The van der Waals surface area contributed by atoms with E-state index >= 15 is 0 Å². The standard InChI is InChI=1S/C38H31N/c1-26-11-19-33(20-12-26)39(34-21-13-28(14-22-34)25-27(2)29-7-4-3-5-8-29)36-24-18-32-16-15-30-9-6-10-31-17-23-35(36)38(32)37(30)31/h3-14,16-17,19-25H,15,18H2,1-2H3/b27-25+. The third-order valence-electron chi connectivity index (χ3n) is 8.11. The van der Waals surface area contributed by atoms with E-state index in [2.05, 4.69) is 146 Å². The van der Waals surface area contributed by atoms with Crippen molar-refractivity contribution >= 4 is 45.1 Å². The fourth-order valence-electron chi connectivity index (χ4n) is 6.10. The molecule has 0 aromatic heterocycles. The van der Waals surface area contributed by atoms with Crippen LogP contribution in [0.4, 0.5) is 11.4 Å². The first-order valence-corrected chi connectivity index (χ1v) is 13.8. The summed E-state index contributed by atoms with van der Waals surface area (Å²) in [6.07, 6.45) is 9.09. The maximum atomic E-state index is 2.43. The molecule has 2 aliphatic carbocycles. The number of hydrogen-bond donors (Lipinski definition) is 0. The average molecular weight is 502 g/mol. The van der Waals surface area contributed by atoms with Crippen molar-refractivity contribution in [1.29, 1.82) is 0 Å². The molecule has 0 fully saturated rings. The molecule has 5 aromatic carbocycles. The van der Waals surface area contributed by atoms with Crippen LogP contribution in [0.25, 0.3) is 33.7 Å². The lowest BCUT2D eigenvalue weighted by molar-refractivity contribution is 1.19. The molecule has 7 rings (SSSR count). The molecule has 0 unspecified atom stereocenters. The van der Waals surface area contributed by atoms with Crippen molar-refractivity contribution in [3.05, 3.63) is 155 Å². The van der Waals surface area contributed by atoms with E-state index in [0.717, 1.165) is 12.8 Å². The van der Waals surface area contributed by atoms with E-state index < -0.39 is 0 Å². The molecule has 1 nitrogen and oxygen atoms in total. The highest BCUT2D eigenvalue weighted by Gasteiger charge is 2.27. The van der Waals surface area contributed by atoms with Crippen LogP contribution >= 0.6 is 0 Å². The molecule has 0 spiro atoms. The Morgan fingerprint density at radius 1 is 0.692 bits per heavy atom. The van der Waals surface area contributed by atoms with Crippen molar-refractivity contribution in [3.63, 3.8) is 0 Å². The number of anilines is 2. The monoisotopic (exact) mass is 501 g/mol. The zero-order chi connectivity index (χ0) is 26.3. The zero-order valence-electron chi connectivity index (χ0n) is 22.5. The summed E-state index contributed by atoms with van der Waals surface area (Å²) in [6.45, 7) is 4.33. The lowest BCUT2D eigenvalue weighted by atomic mass is 9.80. The van der Waals surface area contributed by atoms with Gasteiger partial charge in [-0.2, -0.15) is 0 Å². The molecule has 0 aliphatic heterocycles. The minimum absolute atomic E-state index is 0.954. The van der Waals surface area contributed by atoms with Crippen LogP contribution in [0.15, 0.2) is 121 Å². The highest BCUT2D eigenvalue weighted by atomic mass is 15.1. The quantitative estimate of drug-likeness (QED) is 0.217. The lowest BCUT2D eigenvalue weighted by Gasteiger charge is -2.34. The fraction of sp³-hybridized carbons (Fsp3) is 0.105. The molecule has 188 valence electrons. The maximum absolute atomic E-state index is 2.43.